The lowest BCUT2D eigenvalue weighted by Gasteiger charge is -2.42. The lowest BCUT2D eigenvalue weighted by Crippen LogP contribution is -2.54. The number of nitrogens with two attached hydrogens (primary N) is 1. The number of hydrogen-bond acceptors (Lipinski definition) is 5. The summed E-state index contributed by atoms with van der Waals surface area (Å²) < 4.78 is 16.3. The number of morpholine rings is 1. The third-order valence-corrected chi connectivity index (χ3v) is 3.01. The van der Waals surface area contributed by atoms with Gasteiger partial charge >= 0.3 is 0 Å². The SMILES string of the molecule is COCCOCCCN1CC(CN)OC(C)(C)C1. The van der Waals surface area contributed by atoms with E-state index in [1.807, 2.05) is 0 Å². The fraction of sp³-hybridized carbons (Fsp3) is 1.00. The Morgan fingerprint density at radius 1 is 1.33 bits per heavy atom. The Kier molecular flexibility index (Phi) is 7.11. The third-order valence-electron chi connectivity index (χ3n) is 3.01. The summed E-state index contributed by atoms with van der Waals surface area (Å²) in [6.07, 6.45) is 1.19. The Morgan fingerprint density at radius 2 is 2.11 bits per heavy atom. The van der Waals surface area contributed by atoms with Crippen molar-refractivity contribution < 1.29 is 14.2 Å². The number of nitrogens with zero attached hydrogens (tertiary/aromatic N) is 1. The van der Waals surface area contributed by atoms with Crippen molar-refractivity contribution in [1.82, 2.24) is 4.90 Å². The minimum absolute atomic E-state index is 0.0980. The van der Waals surface area contributed by atoms with Crippen LogP contribution in [0.5, 0.6) is 0 Å². The normalized spacial score (nSPS) is 24.3. The molecule has 108 valence electrons. The van der Waals surface area contributed by atoms with Crippen molar-refractivity contribution in [3.63, 3.8) is 0 Å². The van der Waals surface area contributed by atoms with Crippen molar-refractivity contribution in [2.24, 2.45) is 5.73 Å². The molecule has 1 saturated heterocycles. The van der Waals surface area contributed by atoms with E-state index < -0.39 is 0 Å². The zero-order valence-electron chi connectivity index (χ0n) is 12.0. The predicted molar refractivity (Wildman–Crippen MR) is 71.8 cm³/mol. The van der Waals surface area contributed by atoms with Crippen LogP contribution in [-0.2, 0) is 14.2 Å². The highest BCUT2D eigenvalue weighted by atomic mass is 16.5. The molecule has 1 rings (SSSR count). The molecule has 5 heteroatoms. The Morgan fingerprint density at radius 3 is 2.78 bits per heavy atom. The topological polar surface area (TPSA) is 57.0 Å². The van der Waals surface area contributed by atoms with Crippen LogP contribution >= 0.6 is 0 Å². The van der Waals surface area contributed by atoms with Gasteiger partial charge in [-0.2, -0.15) is 0 Å². The van der Waals surface area contributed by atoms with E-state index >= 15 is 0 Å². The molecule has 1 atom stereocenters. The summed E-state index contributed by atoms with van der Waals surface area (Å²) in [5.74, 6) is 0. The van der Waals surface area contributed by atoms with Gasteiger partial charge in [-0.1, -0.05) is 0 Å². The molecule has 0 aromatic rings. The second-order valence-electron chi connectivity index (χ2n) is 5.43. The molecule has 1 aliphatic heterocycles. The molecule has 2 N–H and O–H groups in total. The van der Waals surface area contributed by atoms with Crippen LogP contribution in [0.2, 0.25) is 0 Å². The van der Waals surface area contributed by atoms with E-state index in [9.17, 15) is 0 Å². The molecule has 0 aromatic carbocycles. The number of hydrogen-bond donors (Lipinski definition) is 1. The first-order valence-corrected chi connectivity index (χ1v) is 6.74. The van der Waals surface area contributed by atoms with Crippen LogP contribution in [0.25, 0.3) is 0 Å². The lowest BCUT2D eigenvalue weighted by atomic mass is 10.0. The van der Waals surface area contributed by atoms with Crippen LogP contribution in [0, 0.1) is 0 Å². The maximum atomic E-state index is 5.90. The molecular weight excluding hydrogens is 232 g/mol. The van der Waals surface area contributed by atoms with Crippen molar-refractivity contribution >= 4 is 0 Å². The zero-order chi connectivity index (χ0) is 13.4. The Labute approximate surface area is 111 Å². The van der Waals surface area contributed by atoms with E-state index in [0.29, 0.717) is 19.8 Å². The largest absolute Gasteiger partial charge is 0.382 e. The van der Waals surface area contributed by atoms with Crippen molar-refractivity contribution in [2.45, 2.75) is 32.0 Å². The molecule has 0 aromatic heterocycles. The van der Waals surface area contributed by atoms with E-state index in [-0.39, 0.29) is 11.7 Å². The molecule has 0 amide bonds. The fourth-order valence-electron chi connectivity index (χ4n) is 2.34. The smallest absolute Gasteiger partial charge is 0.0831 e. The zero-order valence-corrected chi connectivity index (χ0v) is 12.0. The average molecular weight is 260 g/mol. The molecule has 18 heavy (non-hydrogen) atoms. The summed E-state index contributed by atoms with van der Waals surface area (Å²) in [7, 11) is 1.69. The first kappa shape index (κ1) is 15.9. The highest BCUT2D eigenvalue weighted by molar-refractivity contribution is 4.84. The van der Waals surface area contributed by atoms with E-state index in [2.05, 4.69) is 18.7 Å². The monoisotopic (exact) mass is 260 g/mol. The molecule has 0 spiro atoms. The number of methoxy groups -OCH3 is 1. The van der Waals surface area contributed by atoms with Crippen LogP contribution in [0.4, 0.5) is 0 Å². The molecule has 0 bridgehead atoms. The quantitative estimate of drug-likeness (QED) is 0.643. The highest BCUT2D eigenvalue weighted by Gasteiger charge is 2.32. The van der Waals surface area contributed by atoms with Gasteiger partial charge in [-0.15, -0.1) is 0 Å². The Bertz CT molecular complexity index is 224. The first-order chi connectivity index (χ1) is 8.57. The van der Waals surface area contributed by atoms with Crippen LogP contribution in [0.1, 0.15) is 20.3 Å². The minimum Gasteiger partial charge on any atom is -0.382 e. The molecule has 1 unspecified atom stereocenters. The van der Waals surface area contributed by atoms with Crippen molar-refractivity contribution in [2.75, 3.05) is 53.1 Å². The van der Waals surface area contributed by atoms with Gasteiger partial charge in [0.05, 0.1) is 24.9 Å². The molecule has 1 aliphatic rings. The highest BCUT2D eigenvalue weighted by Crippen LogP contribution is 2.20. The van der Waals surface area contributed by atoms with Gasteiger partial charge in [-0.25, -0.2) is 0 Å². The van der Waals surface area contributed by atoms with Crippen molar-refractivity contribution in [1.29, 1.82) is 0 Å². The van der Waals surface area contributed by atoms with E-state index in [1.54, 1.807) is 7.11 Å². The summed E-state index contributed by atoms with van der Waals surface area (Å²) in [4.78, 5) is 2.42. The summed E-state index contributed by atoms with van der Waals surface area (Å²) in [6.45, 7) is 9.89. The number of rotatable bonds is 8. The lowest BCUT2D eigenvalue weighted by molar-refractivity contribution is -0.132. The molecule has 1 fully saturated rings. The molecule has 0 saturated carbocycles. The van der Waals surface area contributed by atoms with Gasteiger partial charge in [-0.3, -0.25) is 4.90 Å². The van der Waals surface area contributed by atoms with Crippen molar-refractivity contribution in [3.05, 3.63) is 0 Å². The standard InChI is InChI=1S/C13H28N2O3/c1-13(2)11-15(10-12(9-14)18-13)5-4-6-17-8-7-16-3/h12H,4-11,14H2,1-3H3. The van der Waals surface area contributed by atoms with Crippen molar-refractivity contribution in [3.8, 4) is 0 Å². The molecule has 1 heterocycles. The minimum atomic E-state index is -0.0980. The van der Waals surface area contributed by atoms with Gasteiger partial charge < -0.3 is 19.9 Å². The maximum absolute atomic E-state index is 5.90. The van der Waals surface area contributed by atoms with Gasteiger partial charge in [0.1, 0.15) is 0 Å². The second-order valence-corrected chi connectivity index (χ2v) is 5.43. The third kappa shape index (κ3) is 6.11. The van der Waals surface area contributed by atoms with E-state index in [0.717, 1.165) is 32.7 Å². The first-order valence-electron chi connectivity index (χ1n) is 6.74. The van der Waals surface area contributed by atoms with Crippen LogP contribution in [0.15, 0.2) is 0 Å². The Balaban J connectivity index is 2.16. The maximum Gasteiger partial charge on any atom is 0.0831 e. The fourth-order valence-corrected chi connectivity index (χ4v) is 2.34. The molecule has 5 nitrogen and oxygen atoms in total. The predicted octanol–water partition coefficient (Wildman–Crippen LogP) is 0.478. The van der Waals surface area contributed by atoms with E-state index in [4.69, 9.17) is 19.9 Å². The second kappa shape index (κ2) is 8.07. The van der Waals surface area contributed by atoms with Gasteiger partial charge in [0.25, 0.3) is 0 Å². The summed E-state index contributed by atoms with van der Waals surface area (Å²) in [5, 5.41) is 0. The van der Waals surface area contributed by atoms with Crippen LogP contribution < -0.4 is 5.73 Å². The molecular formula is C13H28N2O3. The van der Waals surface area contributed by atoms with Gasteiger partial charge in [0, 0.05) is 39.9 Å². The van der Waals surface area contributed by atoms with Crippen LogP contribution in [0.3, 0.4) is 0 Å². The van der Waals surface area contributed by atoms with Crippen LogP contribution in [-0.4, -0.2) is 69.7 Å². The Hall–Kier alpha value is -0.200. The number of ether oxygens (including phenoxy) is 3. The molecule has 0 radical (unpaired) electrons. The van der Waals surface area contributed by atoms with Gasteiger partial charge in [0.15, 0.2) is 0 Å². The summed E-state index contributed by atoms with van der Waals surface area (Å²) in [6, 6.07) is 0. The van der Waals surface area contributed by atoms with Gasteiger partial charge in [-0.05, 0) is 20.3 Å². The molecule has 0 aliphatic carbocycles. The summed E-state index contributed by atoms with van der Waals surface area (Å²) >= 11 is 0. The van der Waals surface area contributed by atoms with Gasteiger partial charge in [0.2, 0.25) is 0 Å². The van der Waals surface area contributed by atoms with E-state index in [1.165, 1.54) is 0 Å². The summed E-state index contributed by atoms with van der Waals surface area (Å²) in [5.41, 5.74) is 5.61. The average Bonchev–Trinajstić information content (AvgIpc) is 2.31.